The molecule has 0 aromatic carbocycles. The zero-order valence-corrected chi connectivity index (χ0v) is 6.14. The van der Waals surface area contributed by atoms with Crippen molar-refractivity contribution in [2.45, 2.75) is 6.42 Å². The molecule has 0 fully saturated rings. The molecule has 3 nitrogen and oxygen atoms in total. The number of primary sulfonamides is 1. The van der Waals surface area contributed by atoms with Gasteiger partial charge in [0.25, 0.3) is 0 Å². The molecule has 0 spiro atoms. The first-order valence-electron chi connectivity index (χ1n) is 2.83. The lowest BCUT2D eigenvalue weighted by atomic mass is 10.2. The minimum Gasteiger partial charge on any atom is -0.225 e. The van der Waals surface area contributed by atoms with Gasteiger partial charge in [-0.3, -0.25) is 0 Å². The van der Waals surface area contributed by atoms with E-state index in [9.17, 15) is 8.42 Å². The van der Waals surface area contributed by atoms with Gasteiger partial charge >= 0.3 is 0 Å². The van der Waals surface area contributed by atoms with Crippen molar-refractivity contribution in [2.24, 2.45) is 5.14 Å². The number of sulfonamides is 1. The van der Waals surface area contributed by atoms with Gasteiger partial charge in [0.2, 0.25) is 10.0 Å². The second-order valence-electron chi connectivity index (χ2n) is 1.99. The van der Waals surface area contributed by atoms with Gasteiger partial charge < -0.3 is 0 Å². The Hall–Kier alpha value is -0.610. The second-order valence-corrected chi connectivity index (χ2v) is 3.55. The molecular formula is C6H8NO2S. The average Bonchev–Trinajstić information content (AvgIpc) is 1.88. The Bertz CT molecular complexity index is 274. The van der Waals surface area contributed by atoms with Crippen molar-refractivity contribution < 1.29 is 8.42 Å². The quantitative estimate of drug-likeness (QED) is 0.597. The molecule has 2 N–H and O–H groups in total. The van der Waals surface area contributed by atoms with Gasteiger partial charge in [0.1, 0.15) is 0 Å². The molecule has 0 saturated carbocycles. The standard InChI is InChI=1S/C6H8NO2S/c7-10(8,9)6-4-2-1-3-5-6/h2-5H,1H2,(H2,7,8,9). The molecule has 0 atom stereocenters. The zero-order chi connectivity index (χ0) is 7.61. The Morgan fingerprint density at radius 1 is 1.50 bits per heavy atom. The largest absolute Gasteiger partial charge is 0.237 e. The Balaban J connectivity index is 2.94. The van der Waals surface area contributed by atoms with E-state index in [0.29, 0.717) is 0 Å². The summed E-state index contributed by atoms with van der Waals surface area (Å²) in [6, 6.07) is 0. The lowest BCUT2D eigenvalue weighted by Crippen LogP contribution is -2.14. The molecule has 4 heteroatoms. The van der Waals surface area contributed by atoms with E-state index in [1.54, 1.807) is 12.5 Å². The fraction of sp³-hybridized carbons (Fsp3) is 0.167. The van der Waals surface area contributed by atoms with E-state index < -0.39 is 10.0 Å². The van der Waals surface area contributed by atoms with Crippen molar-refractivity contribution in [2.75, 3.05) is 0 Å². The molecule has 1 radical (unpaired) electrons. The number of rotatable bonds is 1. The number of allylic oxidation sites excluding steroid dienone is 3. The Morgan fingerprint density at radius 3 is 2.50 bits per heavy atom. The molecule has 1 aliphatic rings. The second kappa shape index (κ2) is 2.56. The number of nitrogens with two attached hydrogens (primary N) is 1. The van der Waals surface area contributed by atoms with Crippen LogP contribution in [0, 0.1) is 6.42 Å². The summed E-state index contributed by atoms with van der Waals surface area (Å²) in [6.45, 7) is 0. The molecule has 0 amide bonds. The summed E-state index contributed by atoms with van der Waals surface area (Å²) in [5, 5.41) is 4.84. The Kier molecular flexibility index (Phi) is 1.92. The van der Waals surface area contributed by atoms with Crippen LogP contribution in [0.2, 0.25) is 0 Å². The number of hydrogen-bond donors (Lipinski definition) is 1. The van der Waals surface area contributed by atoms with Gasteiger partial charge in [-0.05, 0) is 18.9 Å². The first kappa shape index (κ1) is 7.50. The molecule has 1 rings (SSSR count). The molecule has 0 heterocycles. The van der Waals surface area contributed by atoms with Gasteiger partial charge in [0.15, 0.2) is 0 Å². The van der Waals surface area contributed by atoms with Gasteiger partial charge in [-0.1, -0.05) is 12.2 Å². The fourth-order valence-electron chi connectivity index (χ4n) is 0.692. The third kappa shape index (κ3) is 1.68. The first-order chi connectivity index (χ1) is 4.61. The predicted molar refractivity (Wildman–Crippen MR) is 39.2 cm³/mol. The van der Waals surface area contributed by atoms with Gasteiger partial charge in [0.05, 0.1) is 4.91 Å². The van der Waals surface area contributed by atoms with Crippen LogP contribution in [0.25, 0.3) is 0 Å². The van der Waals surface area contributed by atoms with E-state index in [0.717, 1.165) is 6.42 Å². The van der Waals surface area contributed by atoms with Gasteiger partial charge in [-0.15, -0.1) is 0 Å². The third-order valence-corrected chi connectivity index (χ3v) is 2.09. The summed E-state index contributed by atoms with van der Waals surface area (Å²) in [7, 11) is -3.48. The van der Waals surface area contributed by atoms with E-state index in [2.05, 4.69) is 0 Å². The molecular weight excluding hydrogens is 150 g/mol. The topological polar surface area (TPSA) is 60.2 Å². The smallest absolute Gasteiger partial charge is 0.225 e. The minimum absolute atomic E-state index is 0.179. The van der Waals surface area contributed by atoms with Crippen molar-refractivity contribution >= 4 is 10.0 Å². The van der Waals surface area contributed by atoms with Gasteiger partial charge in [-0.2, -0.15) is 0 Å². The predicted octanol–water partition coefficient (Wildman–Crippen LogP) is 0.323. The molecule has 0 aromatic heterocycles. The summed E-state index contributed by atoms with van der Waals surface area (Å²) < 4.78 is 21.2. The minimum atomic E-state index is -3.48. The van der Waals surface area contributed by atoms with Crippen molar-refractivity contribution in [3.63, 3.8) is 0 Å². The number of hydrogen-bond acceptors (Lipinski definition) is 2. The van der Waals surface area contributed by atoms with Crippen molar-refractivity contribution in [1.82, 2.24) is 0 Å². The highest BCUT2D eigenvalue weighted by atomic mass is 32.2. The van der Waals surface area contributed by atoms with E-state index >= 15 is 0 Å². The van der Waals surface area contributed by atoms with Gasteiger partial charge in [-0.25, -0.2) is 13.6 Å². The summed E-state index contributed by atoms with van der Waals surface area (Å²) in [4.78, 5) is 0.179. The molecule has 0 aliphatic heterocycles. The van der Waals surface area contributed by atoms with Gasteiger partial charge in [0, 0.05) is 0 Å². The molecule has 0 bridgehead atoms. The maximum absolute atomic E-state index is 10.6. The first-order valence-corrected chi connectivity index (χ1v) is 4.38. The van der Waals surface area contributed by atoms with Crippen LogP contribution in [0.15, 0.2) is 23.1 Å². The van der Waals surface area contributed by atoms with Crippen LogP contribution in [0.4, 0.5) is 0 Å². The third-order valence-electron chi connectivity index (χ3n) is 1.16. The highest BCUT2D eigenvalue weighted by Gasteiger charge is 2.09. The van der Waals surface area contributed by atoms with Crippen molar-refractivity contribution in [3.05, 3.63) is 29.6 Å². The average molecular weight is 158 g/mol. The van der Waals surface area contributed by atoms with Crippen LogP contribution >= 0.6 is 0 Å². The molecule has 1 aliphatic carbocycles. The van der Waals surface area contributed by atoms with Crippen LogP contribution < -0.4 is 5.14 Å². The Morgan fingerprint density at radius 2 is 2.20 bits per heavy atom. The van der Waals surface area contributed by atoms with Crippen LogP contribution in [0.5, 0.6) is 0 Å². The highest BCUT2D eigenvalue weighted by Crippen LogP contribution is 2.11. The lowest BCUT2D eigenvalue weighted by molar-refractivity contribution is 0.604. The SMILES string of the molecule is NS(=O)(=O)C1=C[CH]CC=C1. The Labute approximate surface area is 60.3 Å². The van der Waals surface area contributed by atoms with Crippen molar-refractivity contribution in [3.8, 4) is 0 Å². The molecule has 10 heavy (non-hydrogen) atoms. The molecule has 0 saturated heterocycles. The van der Waals surface area contributed by atoms with Crippen LogP contribution in [0.1, 0.15) is 6.42 Å². The summed E-state index contributed by atoms with van der Waals surface area (Å²) in [5.41, 5.74) is 0. The summed E-state index contributed by atoms with van der Waals surface area (Å²) in [5.74, 6) is 0. The van der Waals surface area contributed by atoms with Crippen LogP contribution in [0.3, 0.4) is 0 Å². The van der Waals surface area contributed by atoms with E-state index in [1.165, 1.54) is 12.2 Å². The summed E-state index contributed by atoms with van der Waals surface area (Å²) in [6.07, 6.45) is 7.29. The maximum atomic E-state index is 10.6. The van der Waals surface area contributed by atoms with E-state index in [-0.39, 0.29) is 4.91 Å². The van der Waals surface area contributed by atoms with Crippen LogP contribution in [-0.2, 0) is 10.0 Å². The van der Waals surface area contributed by atoms with E-state index in [4.69, 9.17) is 5.14 Å². The maximum Gasteiger partial charge on any atom is 0.237 e. The highest BCUT2D eigenvalue weighted by molar-refractivity contribution is 7.93. The monoisotopic (exact) mass is 158 g/mol. The molecule has 0 aromatic rings. The molecule has 0 unspecified atom stereocenters. The lowest BCUT2D eigenvalue weighted by Gasteiger charge is -2.01. The fourth-order valence-corrected chi connectivity index (χ4v) is 1.26. The summed E-state index contributed by atoms with van der Waals surface area (Å²) >= 11 is 0. The van der Waals surface area contributed by atoms with Crippen LogP contribution in [-0.4, -0.2) is 8.42 Å². The van der Waals surface area contributed by atoms with Crippen molar-refractivity contribution in [1.29, 1.82) is 0 Å². The molecule has 55 valence electrons. The normalized spacial score (nSPS) is 18.7. The zero-order valence-electron chi connectivity index (χ0n) is 5.32. The van der Waals surface area contributed by atoms with E-state index in [1.807, 2.05) is 0 Å².